The number of furan rings is 2. The molecule has 2 saturated heterocycles. The Hall–Kier alpha value is -1.96. The third kappa shape index (κ3) is 1.23. The number of carbonyl (C=O) groups is 2. The molecule has 134 valence electrons. The van der Waals surface area contributed by atoms with Gasteiger partial charge in [0.05, 0.1) is 16.7 Å². The smallest absolute Gasteiger partial charge is 0.267 e. The second-order valence-corrected chi connectivity index (χ2v) is 8.80. The van der Waals surface area contributed by atoms with Gasteiger partial charge in [-0.15, -0.1) is 0 Å². The number of hydrogen-bond acceptors (Lipinski definition) is 6. The number of rotatable bonds is 4. The van der Waals surface area contributed by atoms with Crippen molar-refractivity contribution in [2.75, 3.05) is 13.1 Å². The van der Waals surface area contributed by atoms with Gasteiger partial charge in [0.15, 0.2) is 6.23 Å². The molecule has 5 aliphatic rings. The van der Waals surface area contributed by atoms with Gasteiger partial charge in [-0.3, -0.25) is 19.3 Å². The summed E-state index contributed by atoms with van der Waals surface area (Å²) in [6.45, 7) is 4.20. The van der Waals surface area contributed by atoms with Crippen molar-refractivity contribution < 1.29 is 18.8 Å². The van der Waals surface area contributed by atoms with E-state index in [0.29, 0.717) is 22.3 Å². The first kappa shape index (κ1) is 14.1. The molecule has 7 nitrogen and oxygen atoms in total. The number of nitrogens with one attached hydrogen (secondary N) is 1. The fourth-order valence-electron chi connectivity index (χ4n) is 6.92. The van der Waals surface area contributed by atoms with Gasteiger partial charge < -0.3 is 4.42 Å². The summed E-state index contributed by atoms with van der Waals surface area (Å²) in [7, 11) is 0. The summed E-state index contributed by atoms with van der Waals surface area (Å²) in [5.41, 5.74) is 5.34. The van der Waals surface area contributed by atoms with E-state index < -0.39 is 6.23 Å². The Kier molecular flexibility index (Phi) is 2.16. The van der Waals surface area contributed by atoms with Crippen LogP contribution in [0.2, 0.25) is 0 Å². The molecule has 0 radical (unpaired) electrons. The summed E-state index contributed by atoms with van der Waals surface area (Å²) < 4.78 is 5.46. The van der Waals surface area contributed by atoms with E-state index in [1.54, 1.807) is 19.1 Å². The van der Waals surface area contributed by atoms with Crippen LogP contribution in [-0.2, 0) is 4.84 Å². The Morgan fingerprint density at radius 2 is 1.88 bits per heavy atom. The number of imide groups is 1. The van der Waals surface area contributed by atoms with Crippen LogP contribution in [-0.4, -0.2) is 52.0 Å². The number of nitrogens with zero attached hydrogens (tertiary/aromatic N) is 2. The van der Waals surface area contributed by atoms with Crippen LogP contribution in [0.3, 0.4) is 0 Å². The second-order valence-electron chi connectivity index (χ2n) is 8.80. The van der Waals surface area contributed by atoms with Crippen molar-refractivity contribution >= 4 is 23.0 Å². The van der Waals surface area contributed by atoms with E-state index in [1.807, 2.05) is 0 Å². The van der Waals surface area contributed by atoms with E-state index in [2.05, 4.69) is 10.4 Å². The normalized spacial score (nSPS) is 40.9. The first-order valence-corrected chi connectivity index (χ1v) is 9.45. The predicted octanol–water partition coefficient (Wildman–Crippen LogP) is 1.57. The Bertz CT molecular complexity index is 955. The zero-order valence-corrected chi connectivity index (χ0v) is 14.4. The average Bonchev–Trinajstić information content (AvgIpc) is 3.35. The summed E-state index contributed by atoms with van der Waals surface area (Å²) in [5.74, 6) is 0.887. The molecule has 1 spiro atoms. The van der Waals surface area contributed by atoms with E-state index in [1.165, 1.54) is 24.4 Å². The van der Waals surface area contributed by atoms with Gasteiger partial charge in [-0.2, -0.15) is 5.48 Å². The average molecular weight is 353 g/mol. The van der Waals surface area contributed by atoms with Gasteiger partial charge in [-0.25, -0.2) is 4.90 Å². The zero-order valence-electron chi connectivity index (χ0n) is 14.4. The molecule has 2 aromatic heterocycles. The zero-order chi connectivity index (χ0) is 17.4. The minimum Gasteiger partial charge on any atom is -0.456 e. The van der Waals surface area contributed by atoms with Crippen LogP contribution in [0.5, 0.6) is 0 Å². The molecular formula is C19H19N3O4. The molecular weight excluding hydrogens is 334 g/mol. The Morgan fingerprint density at radius 1 is 1.15 bits per heavy atom. The second kappa shape index (κ2) is 3.98. The highest BCUT2D eigenvalue weighted by molar-refractivity contribution is 6.27. The number of amides is 2. The lowest BCUT2D eigenvalue weighted by molar-refractivity contribution is -0.256. The van der Waals surface area contributed by atoms with Gasteiger partial charge in [0.2, 0.25) is 0 Å². The minimum atomic E-state index is -0.654. The molecule has 0 aromatic carbocycles. The Labute approximate surface area is 149 Å². The van der Waals surface area contributed by atoms with E-state index in [9.17, 15) is 9.59 Å². The number of benzene rings is 1. The van der Waals surface area contributed by atoms with Crippen LogP contribution in [0.15, 0.2) is 16.5 Å². The van der Waals surface area contributed by atoms with Crippen molar-refractivity contribution in [1.82, 2.24) is 15.3 Å². The van der Waals surface area contributed by atoms with Crippen molar-refractivity contribution in [3.05, 3.63) is 23.3 Å². The molecule has 5 atom stereocenters. The van der Waals surface area contributed by atoms with Crippen molar-refractivity contribution in [3.8, 4) is 0 Å². The molecule has 5 unspecified atom stereocenters. The van der Waals surface area contributed by atoms with Crippen molar-refractivity contribution in [3.63, 3.8) is 0 Å². The lowest BCUT2D eigenvalue weighted by Crippen LogP contribution is -2.87. The van der Waals surface area contributed by atoms with Gasteiger partial charge >= 0.3 is 0 Å². The predicted molar refractivity (Wildman–Crippen MR) is 89.4 cm³/mol. The summed E-state index contributed by atoms with van der Waals surface area (Å²) in [4.78, 5) is 35.3. The van der Waals surface area contributed by atoms with Crippen molar-refractivity contribution in [1.29, 1.82) is 0 Å². The molecule has 2 aliphatic carbocycles. The third-order valence-corrected chi connectivity index (χ3v) is 7.82. The Balaban J connectivity index is 1.14. The largest absolute Gasteiger partial charge is 0.456 e. The van der Waals surface area contributed by atoms with Crippen LogP contribution in [0.1, 0.15) is 46.9 Å². The number of hydroxylamine groups is 1. The van der Waals surface area contributed by atoms with Gasteiger partial charge in [0.25, 0.3) is 11.8 Å². The summed E-state index contributed by atoms with van der Waals surface area (Å²) in [6.07, 6.45) is 2.88. The first-order chi connectivity index (χ1) is 12.5. The molecule has 2 amide bonds. The monoisotopic (exact) mass is 353 g/mol. The molecule has 4 bridgehead atoms. The van der Waals surface area contributed by atoms with Crippen LogP contribution >= 0.6 is 0 Å². The highest BCUT2D eigenvalue weighted by atomic mass is 16.7. The van der Waals surface area contributed by atoms with Gasteiger partial charge in [0, 0.05) is 18.6 Å². The highest BCUT2D eigenvalue weighted by Crippen LogP contribution is 2.71. The maximum Gasteiger partial charge on any atom is 0.267 e. The van der Waals surface area contributed by atoms with E-state index >= 15 is 0 Å². The molecule has 1 N–H and O–H groups in total. The van der Waals surface area contributed by atoms with Crippen LogP contribution < -0.4 is 5.48 Å². The van der Waals surface area contributed by atoms with Crippen LogP contribution in [0.4, 0.5) is 0 Å². The number of carbonyl (C=O) groups excluding carboxylic acids is 2. The van der Waals surface area contributed by atoms with Gasteiger partial charge in [0.1, 0.15) is 11.2 Å². The maximum atomic E-state index is 12.8. The third-order valence-electron chi connectivity index (χ3n) is 7.82. The van der Waals surface area contributed by atoms with E-state index in [0.717, 1.165) is 24.7 Å². The summed E-state index contributed by atoms with van der Waals surface area (Å²) in [5, 5.41) is 0. The van der Waals surface area contributed by atoms with Crippen LogP contribution in [0.25, 0.3) is 11.2 Å². The summed E-state index contributed by atoms with van der Waals surface area (Å²) >= 11 is 0. The standard InChI is InChI=1S/C19H19N3O4/c1-9(22-16(23)14-12-2-3-13(25-12)15(14)17(22)24)26-20-18-4-10-5-19(18)11(6-18)8-21(19)7-10/h2-3,9-11,20H,4-8H2,1H3. The lowest BCUT2D eigenvalue weighted by atomic mass is 9.49. The lowest BCUT2D eigenvalue weighted by Gasteiger charge is -2.73. The number of piperidine rings is 2. The minimum absolute atomic E-state index is 0.00225. The first-order valence-electron chi connectivity index (χ1n) is 9.45. The molecule has 26 heavy (non-hydrogen) atoms. The molecule has 4 fully saturated rings. The van der Waals surface area contributed by atoms with Crippen molar-refractivity contribution in [2.24, 2.45) is 11.8 Å². The molecule has 7 rings (SSSR count). The molecule has 7 heteroatoms. The number of fused-ring (bicyclic) bond motifs is 6. The quantitative estimate of drug-likeness (QED) is 0.664. The van der Waals surface area contributed by atoms with E-state index in [-0.39, 0.29) is 22.9 Å². The summed E-state index contributed by atoms with van der Waals surface area (Å²) in [6, 6.07) is 3.47. The molecule has 2 aromatic rings. The topological polar surface area (TPSA) is 75.0 Å². The molecule has 2 saturated carbocycles. The van der Waals surface area contributed by atoms with Gasteiger partial charge in [-0.1, -0.05) is 0 Å². The Morgan fingerprint density at radius 3 is 2.54 bits per heavy atom. The SMILES string of the molecule is CC(ONC12CC3CN4CC(C1)C42C3)N1C(=O)c2c(c3ccc2o3)C1=O. The number of hydrogen-bond donors (Lipinski definition) is 1. The molecule has 3 aliphatic heterocycles. The van der Waals surface area contributed by atoms with Crippen LogP contribution in [0, 0.1) is 11.8 Å². The fraction of sp³-hybridized carbons (Fsp3) is 0.579. The van der Waals surface area contributed by atoms with Crippen molar-refractivity contribution in [2.45, 2.75) is 43.5 Å². The van der Waals surface area contributed by atoms with Gasteiger partial charge in [-0.05, 0) is 50.2 Å². The highest BCUT2D eigenvalue weighted by Gasteiger charge is 2.80. The van der Waals surface area contributed by atoms with E-state index in [4.69, 9.17) is 9.25 Å². The molecule has 5 heterocycles. The fourth-order valence-corrected chi connectivity index (χ4v) is 6.92. The maximum absolute atomic E-state index is 12.8.